The molecule has 2 heterocycles. The first-order valence-electron chi connectivity index (χ1n) is 14.0. The molecule has 0 spiro atoms. The topological polar surface area (TPSA) is 113 Å². The number of aromatic amines is 1. The fourth-order valence-corrected chi connectivity index (χ4v) is 5.58. The van der Waals surface area contributed by atoms with Gasteiger partial charge in [-0.3, -0.25) is 4.79 Å². The van der Waals surface area contributed by atoms with E-state index in [9.17, 15) is 9.59 Å². The highest BCUT2D eigenvalue weighted by Gasteiger charge is 2.44. The fourth-order valence-electron chi connectivity index (χ4n) is 5.58. The molecular weight excluding hydrogens is 482 g/mol. The quantitative estimate of drug-likeness (QED) is 0.383. The Kier molecular flexibility index (Phi) is 9.33. The predicted octanol–water partition coefficient (Wildman–Crippen LogP) is 3.80. The molecule has 9 heteroatoms. The molecular formula is C29H45N5O4. The first-order chi connectivity index (χ1) is 18.2. The van der Waals surface area contributed by atoms with Crippen LogP contribution in [0.4, 0.5) is 4.79 Å². The van der Waals surface area contributed by atoms with E-state index >= 15 is 0 Å². The van der Waals surface area contributed by atoms with Gasteiger partial charge in [0.15, 0.2) is 0 Å². The van der Waals surface area contributed by atoms with Crippen molar-refractivity contribution in [3.8, 4) is 0 Å². The van der Waals surface area contributed by atoms with Crippen molar-refractivity contribution >= 4 is 22.9 Å². The lowest BCUT2D eigenvalue weighted by Crippen LogP contribution is -2.56. The minimum atomic E-state index is -0.601. The molecule has 38 heavy (non-hydrogen) atoms. The Morgan fingerprint density at radius 2 is 2.00 bits per heavy atom. The number of nitrogens with one attached hydrogen (secondary N) is 2. The van der Waals surface area contributed by atoms with E-state index in [0.717, 1.165) is 42.1 Å². The summed E-state index contributed by atoms with van der Waals surface area (Å²) >= 11 is 0. The van der Waals surface area contributed by atoms with Crippen molar-refractivity contribution in [1.82, 2.24) is 20.1 Å². The van der Waals surface area contributed by atoms with Gasteiger partial charge < -0.3 is 35.3 Å². The lowest BCUT2D eigenvalue weighted by Gasteiger charge is -2.41. The smallest absolute Gasteiger partial charge is 0.410 e. The van der Waals surface area contributed by atoms with Gasteiger partial charge >= 0.3 is 6.09 Å². The lowest BCUT2D eigenvalue weighted by atomic mass is 9.90. The molecule has 0 radical (unpaired) electrons. The molecule has 4 rings (SSSR count). The second-order valence-electron chi connectivity index (χ2n) is 11.7. The molecule has 3 atom stereocenters. The molecule has 1 aliphatic heterocycles. The van der Waals surface area contributed by atoms with Crippen LogP contribution >= 0.6 is 0 Å². The van der Waals surface area contributed by atoms with Gasteiger partial charge in [-0.1, -0.05) is 18.2 Å². The number of aromatic nitrogens is 1. The summed E-state index contributed by atoms with van der Waals surface area (Å²) in [5, 5.41) is 4.59. The van der Waals surface area contributed by atoms with E-state index in [4.69, 9.17) is 15.2 Å². The van der Waals surface area contributed by atoms with Gasteiger partial charge in [-0.2, -0.15) is 0 Å². The zero-order chi connectivity index (χ0) is 27.3. The number of H-pyrrole nitrogens is 1. The zero-order valence-corrected chi connectivity index (χ0v) is 23.4. The zero-order valence-electron chi connectivity index (χ0n) is 23.4. The standard InChI is InChI=1S/C29H45N5O4/c1-29(2,3)38-28(36)33-18-20(16-21(19-33)31-14-13-30)27(35)34(22-11-12-22)26(10-7-15-37-4)24-17-32-25-9-6-5-8-23(24)25/h5-6,8-9,17,20-22,26,31-32H,7,10-16,18-19,30H2,1-4H3/t20-,21-,26?/m0/s1. The van der Waals surface area contributed by atoms with E-state index in [1.807, 2.05) is 32.9 Å². The van der Waals surface area contributed by atoms with Crippen LogP contribution in [0.3, 0.4) is 0 Å². The Bertz CT molecular complexity index is 1080. The number of hydrogen-bond acceptors (Lipinski definition) is 6. The number of benzene rings is 1. The number of fused-ring (bicyclic) bond motifs is 1. The van der Waals surface area contributed by atoms with Crippen LogP contribution < -0.4 is 11.1 Å². The van der Waals surface area contributed by atoms with E-state index in [0.29, 0.717) is 39.2 Å². The monoisotopic (exact) mass is 527 g/mol. The summed E-state index contributed by atoms with van der Waals surface area (Å²) < 4.78 is 11.1. The van der Waals surface area contributed by atoms with Crippen molar-refractivity contribution < 1.29 is 19.1 Å². The van der Waals surface area contributed by atoms with Gasteiger partial charge in [0.2, 0.25) is 5.91 Å². The molecule has 1 unspecified atom stereocenters. The van der Waals surface area contributed by atoms with E-state index < -0.39 is 5.60 Å². The number of piperidine rings is 1. The number of nitrogens with zero attached hydrogens (tertiary/aromatic N) is 2. The summed E-state index contributed by atoms with van der Waals surface area (Å²) in [6, 6.07) is 8.40. The van der Waals surface area contributed by atoms with E-state index in [2.05, 4.69) is 33.5 Å². The molecule has 2 aromatic rings. The lowest BCUT2D eigenvalue weighted by molar-refractivity contribution is -0.141. The van der Waals surface area contributed by atoms with Crippen molar-refractivity contribution in [3.05, 3.63) is 36.0 Å². The van der Waals surface area contributed by atoms with Crippen molar-refractivity contribution in [2.45, 2.75) is 76.6 Å². The van der Waals surface area contributed by atoms with Gasteiger partial charge in [0.05, 0.1) is 12.0 Å². The number of methoxy groups -OCH3 is 1. The van der Waals surface area contributed by atoms with Crippen LogP contribution in [0.2, 0.25) is 0 Å². The maximum absolute atomic E-state index is 14.4. The highest BCUT2D eigenvalue weighted by molar-refractivity contribution is 5.86. The minimum Gasteiger partial charge on any atom is -0.444 e. The molecule has 2 aliphatic rings. The molecule has 2 amide bonds. The molecule has 1 aliphatic carbocycles. The molecule has 4 N–H and O–H groups in total. The third-order valence-corrected chi connectivity index (χ3v) is 7.37. The Balaban J connectivity index is 1.62. The number of para-hydroxylation sites is 1. The first-order valence-corrected chi connectivity index (χ1v) is 14.0. The minimum absolute atomic E-state index is 0.0187. The van der Waals surface area contributed by atoms with Crippen molar-refractivity contribution in [2.24, 2.45) is 11.7 Å². The maximum atomic E-state index is 14.4. The number of carbonyl (C=O) groups is 2. The van der Waals surface area contributed by atoms with Crippen molar-refractivity contribution in [1.29, 1.82) is 0 Å². The molecule has 1 saturated heterocycles. The van der Waals surface area contributed by atoms with Crippen molar-refractivity contribution in [3.63, 3.8) is 0 Å². The molecule has 1 saturated carbocycles. The van der Waals surface area contributed by atoms with E-state index in [-0.39, 0.29) is 36.0 Å². The number of amides is 2. The summed E-state index contributed by atoms with van der Waals surface area (Å²) in [7, 11) is 1.71. The van der Waals surface area contributed by atoms with Gasteiger partial charge in [0.1, 0.15) is 5.60 Å². The van der Waals surface area contributed by atoms with Gasteiger partial charge in [0.25, 0.3) is 0 Å². The van der Waals surface area contributed by atoms with Gasteiger partial charge in [0, 0.05) is 69.1 Å². The summed E-state index contributed by atoms with van der Waals surface area (Å²) in [4.78, 5) is 34.7. The molecule has 210 valence electrons. The summed E-state index contributed by atoms with van der Waals surface area (Å²) in [5.74, 6) is -0.199. The van der Waals surface area contributed by atoms with Crippen LogP contribution in [0.5, 0.6) is 0 Å². The largest absolute Gasteiger partial charge is 0.444 e. The predicted molar refractivity (Wildman–Crippen MR) is 149 cm³/mol. The molecule has 1 aromatic carbocycles. The van der Waals surface area contributed by atoms with Crippen LogP contribution in [0.1, 0.15) is 64.5 Å². The summed E-state index contributed by atoms with van der Waals surface area (Å²) in [5.41, 5.74) is 7.37. The normalized spacial score (nSPS) is 20.9. The Morgan fingerprint density at radius 1 is 1.24 bits per heavy atom. The van der Waals surface area contributed by atoms with Gasteiger partial charge in [-0.25, -0.2) is 4.79 Å². The maximum Gasteiger partial charge on any atom is 0.410 e. The Hall–Kier alpha value is -2.62. The van der Waals surface area contributed by atoms with Crippen LogP contribution in [0, 0.1) is 5.92 Å². The van der Waals surface area contributed by atoms with Crippen LogP contribution in [0.25, 0.3) is 10.9 Å². The summed E-state index contributed by atoms with van der Waals surface area (Å²) in [6.45, 7) is 8.23. The molecule has 2 fully saturated rings. The Morgan fingerprint density at radius 3 is 2.68 bits per heavy atom. The Labute approximate surface area is 226 Å². The third kappa shape index (κ3) is 7.07. The second-order valence-corrected chi connectivity index (χ2v) is 11.7. The van der Waals surface area contributed by atoms with Crippen LogP contribution in [-0.4, -0.2) is 84.4 Å². The molecule has 1 aromatic heterocycles. The number of ether oxygens (including phenoxy) is 2. The summed E-state index contributed by atoms with van der Waals surface area (Å²) in [6.07, 6.45) is 6.03. The van der Waals surface area contributed by atoms with Crippen LogP contribution in [0.15, 0.2) is 30.5 Å². The number of rotatable bonds is 11. The second kappa shape index (κ2) is 12.5. The highest BCUT2D eigenvalue weighted by atomic mass is 16.6. The van der Waals surface area contributed by atoms with Gasteiger partial charge in [-0.05, 0) is 64.5 Å². The van der Waals surface area contributed by atoms with Crippen molar-refractivity contribution in [2.75, 3.05) is 39.9 Å². The third-order valence-electron chi connectivity index (χ3n) is 7.37. The highest BCUT2D eigenvalue weighted by Crippen LogP contribution is 2.41. The average molecular weight is 528 g/mol. The average Bonchev–Trinajstić information content (AvgIpc) is 3.63. The number of hydrogen-bond donors (Lipinski definition) is 3. The number of nitrogens with two attached hydrogens (primary N) is 1. The first kappa shape index (κ1) is 28.4. The van der Waals surface area contributed by atoms with Gasteiger partial charge in [-0.15, -0.1) is 0 Å². The molecule has 0 bridgehead atoms. The number of carbonyl (C=O) groups excluding carboxylic acids is 2. The van der Waals surface area contributed by atoms with E-state index in [1.165, 1.54) is 0 Å². The SMILES string of the molecule is COCCCC(c1c[nH]c2ccccc12)N(C(=O)[C@H]1C[C@H](NCCN)CN(C(=O)OC(C)(C)C)C1)C1CC1. The fraction of sp³-hybridized carbons (Fsp3) is 0.655. The van der Waals surface area contributed by atoms with Crippen LogP contribution in [-0.2, 0) is 14.3 Å². The number of likely N-dealkylation sites (tertiary alicyclic amines) is 1. The van der Waals surface area contributed by atoms with E-state index in [1.54, 1.807) is 12.0 Å². The molecule has 9 nitrogen and oxygen atoms in total.